The number of carbonyl (C=O) groups excluding carboxylic acids is 2. The first-order valence-corrected chi connectivity index (χ1v) is 12.5. The first kappa shape index (κ1) is 22.0. The van der Waals surface area contributed by atoms with Gasteiger partial charge in [-0.15, -0.1) is 11.3 Å². The summed E-state index contributed by atoms with van der Waals surface area (Å²) >= 11 is 1.27. The standard InChI is InChI=1S/C23H23N3O4S2/c1-3-25(4-2)23(28)15-9-11-17(12-10-15)32(29,30)26-14-16-13-20(22(24)27)31-21(16)18-7-5-6-8-19(18)26/h5-13H,3-4,14H2,1-2H3,(H2,24,27). The second-order valence-electron chi connectivity index (χ2n) is 7.36. The highest BCUT2D eigenvalue weighted by atomic mass is 32.2. The number of primary amides is 1. The van der Waals surface area contributed by atoms with E-state index in [0.717, 1.165) is 16.0 Å². The normalized spacial score (nSPS) is 12.8. The lowest BCUT2D eigenvalue weighted by Gasteiger charge is -2.30. The molecule has 1 aromatic heterocycles. The lowest BCUT2D eigenvalue weighted by molar-refractivity contribution is 0.0772. The number of nitrogens with zero attached hydrogens (tertiary/aromatic N) is 2. The second-order valence-corrected chi connectivity index (χ2v) is 10.3. The van der Waals surface area contributed by atoms with E-state index >= 15 is 0 Å². The molecular weight excluding hydrogens is 446 g/mol. The molecule has 166 valence electrons. The molecule has 3 aromatic rings. The van der Waals surface area contributed by atoms with E-state index in [1.165, 1.54) is 27.8 Å². The van der Waals surface area contributed by atoms with Crippen molar-refractivity contribution >= 4 is 38.9 Å². The van der Waals surface area contributed by atoms with Gasteiger partial charge < -0.3 is 10.6 Å². The molecule has 0 saturated heterocycles. The van der Waals surface area contributed by atoms with Crippen LogP contribution >= 0.6 is 11.3 Å². The number of rotatable bonds is 6. The van der Waals surface area contributed by atoms with E-state index in [1.807, 2.05) is 26.0 Å². The minimum absolute atomic E-state index is 0.0946. The van der Waals surface area contributed by atoms with Gasteiger partial charge in [-0.3, -0.25) is 13.9 Å². The summed E-state index contributed by atoms with van der Waals surface area (Å²) in [4.78, 5) is 27.3. The number of benzene rings is 2. The minimum Gasteiger partial charge on any atom is -0.365 e. The summed E-state index contributed by atoms with van der Waals surface area (Å²) in [6, 6.07) is 14.9. The Labute approximate surface area is 191 Å². The van der Waals surface area contributed by atoms with Crippen molar-refractivity contribution in [2.75, 3.05) is 17.4 Å². The fraction of sp³-hybridized carbons (Fsp3) is 0.217. The molecule has 1 aliphatic heterocycles. The SMILES string of the molecule is CCN(CC)C(=O)c1ccc(S(=O)(=O)N2Cc3cc(C(N)=O)sc3-c3ccccc32)cc1. The van der Waals surface area contributed by atoms with E-state index in [2.05, 4.69) is 0 Å². The molecule has 0 saturated carbocycles. The van der Waals surface area contributed by atoms with Gasteiger partial charge in [0.25, 0.3) is 21.8 Å². The molecule has 0 atom stereocenters. The number of hydrogen-bond acceptors (Lipinski definition) is 5. The fourth-order valence-electron chi connectivity index (χ4n) is 3.82. The highest BCUT2D eigenvalue weighted by molar-refractivity contribution is 7.92. The van der Waals surface area contributed by atoms with Crippen LogP contribution in [0.3, 0.4) is 0 Å². The zero-order chi connectivity index (χ0) is 23.0. The van der Waals surface area contributed by atoms with Crippen molar-refractivity contribution in [3.8, 4) is 10.4 Å². The van der Waals surface area contributed by atoms with E-state index in [9.17, 15) is 18.0 Å². The van der Waals surface area contributed by atoms with Crippen LogP contribution in [0.15, 0.2) is 59.5 Å². The van der Waals surface area contributed by atoms with Crippen molar-refractivity contribution in [1.82, 2.24) is 4.90 Å². The third-order valence-electron chi connectivity index (χ3n) is 5.52. The average molecular weight is 470 g/mol. The second kappa shape index (κ2) is 8.40. The summed E-state index contributed by atoms with van der Waals surface area (Å²) < 4.78 is 28.5. The van der Waals surface area contributed by atoms with Crippen molar-refractivity contribution in [1.29, 1.82) is 0 Å². The highest BCUT2D eigenvalue weighted by Crippen LogP contribution is 2.45. The molecule has 0 fully saturated rings. The van der Waals surface area contributed by atoms with Gasteiger partial charge in [-0.2, -0.15) is 0 Å². The third kappa shape index (κ3) is 3.67. The van der Waals surface area contributed by atoms with E-state index in [4.69, 9.17) is 5.73 Å². The minimum atomic E-state index is -3.91. The molecule has 2 amide bonds. The summed E-state index contributed by atoms with van der Waals surface area (Å²) in [6.07, 6.45) is 0. The van der Waals surface area contributed by atoms with Gasteiger partial charge >= 0.3 is 0 Å². The number of fused-ring (bicyclic) bond motifs is 3. The smallest absolute Gasteiger partial charge is 0.264 e. The van der Waals surface area contributed by atoms with Crippen LogP contribution in [-0.2, 0) is 16.6 Å². The van der Waals surface area contributed by atoms with Gasteiger partial charge in [-0.05, 0) is 55.8 Å². The summed E-state index contributed by atoms with van der Waals surface area (Å²) in [5, 5.41) is 0. The van der Waals surface area contributed by atoms with Crippen LogP contribution in [0.1, 0.15) is 39.4 Å². The predicted molar refractivity (Wildman–Crippen MR) is 125 cm³/mol. The van der Waals surface area contributed by atoms with Crippen LogP contribution in [0, 0.1) is 0 Å². The zero-order valence-electron chi connectivity index (χ0n) is 17.7. The van der Waals surface area contributed by atoms with E-state index < -0.39 is 15.9 Å². The first-order chi connectivity index (χ1) is 15.3. The summed E-state index contributed by atoms with van der Waals surface area (Å²) in [5.41, 5.74) is 7.91. The predicted octanol–water partition coefficient (Wildman–Crippen LogP) is 3.70. The summed E-state index contributed by atoms with van der Waals surface area (Å²) in [5.74, 6) is -0.672. The molecular formula is C23H23N3O4S2. The number of amides is 2. The maximum absolute atomic E-state index is 13.6. The number of carbonyl (C=O) groups is 2. The van der Waals surface area contributed by atoms with Crippen LogP contribution in [0.5, 0.6) is 0 Å². The topological polar surface area (TPSA) is 101 Å². The molecule has 2 heterocycles. The zero-order valence-corrected chi connectivity index (χ0v) is 19.4. The van der Waals surface area contributed by atoms with E-state index in [0.29, 0.717) is 29.2 Å². The number of para-hydroxylation sites is 1. The van der Waals surface area contributed by atoms with Crippen LogP contribution in [0.25, 0.3) is 10.4 Å². The van der Waals surface area contributed by atoms with Crippen molar-refractivity contribution in [3.63, 3.8) is 0 Å². The van der Waals surface area contributed by atoms with E-state index in [-0.39, 0.29) is 17.3 Å². The van der Waals surface area contributed by atoms with Gasteiger partial charge in [0, 0.05) is 29.1 Å². The first-order valence-electron chi connectivity index (χ1n) is 10.2. The molecule has 9 heteroatoms. The monoisotopic (exact) mass is 469 g/mol. The molecule has 7 nitrogen and oxygen atoms in total. The number of thiophene rings is 1. The quantitative estimate of drug-likeness (QED) is 0.595. The van der Waals surface area contributed by atoms with Gasteiger partial charge in [-0.25, -0.2) is 8.42 Å². The molecule has 1 aliphatic rings. The number of nitrogens with two attached hydrogens (primary N) is 1. The van der Waals surface area contributed by atoms with E-state index in [1.54, 1.807) is 35.2 Å². The molecule has 4 rings (SSSR count). The number of hydrogen-bond donors (Lipinski definition) is 1. The third-order valence-corrected chi connectivity index (χ3v) is 8.52. The molecule has 0 aliphatic carbocycles. The van der Waals surface area contributed by atoms with Crippen LogP contribution < -0.4 is 10.0 Å². The molecule has 0 unspecified atom stereocenters. The van der Waals surface area contributed by atoms with Gasteiger partial charge in [0.1, 0.15) is 0 Å². The van der Waals surface area contributed by atoms with Gasteiger partial charge in [0.05, 0.1) is 22.0 Å². The van der Waals surface area contributed by atoms with Crippen molar-refractivity contribution in [2.45, 2.75) is 25.3 Å². The molecule has 32 heavy (non-hydrogen) atoms. The molecule has 2 aromatic carbocycles. The van der Waals surface area contributed by atoms with Gasteiger partial charge in [0.2, 0.25) is 0 Å². The summed E-state index contributed by atoms with van der Waals surface area (Å²) in [7, 11) is -3.91. The maximum atomic E-state index is 13.6. The van der Waals surface area contributed by atoms with Crippen LogP contribution in [-0.4, -0.2) is 38.2 Å². The Kier molecular flexibility index (Phi) is 5.79. The number of anilines is 1. The summed E-state index contributed by atoms with van der Waals surface area (Å²) in [6.45, 7) is 5.05. The van der Waals surface area contributed by atoms with Crippen molar-refractivity contribution < 1.29 is 18.0 Å². The van der Waals surface area contributed by atoms with Crippen LogP contribution in [0.2, 0.25) is 0 Å². The molecule has 0 radical (unpaired) electrons. The lowest BCUT2D eigenvalue weighted by Crippen LogP contribution is -2.33. The van der Waals surface area contributed by atoms with Crippen LogP contribution in [0.4, 0.5) is 5.69 Å². The number of sulfonamides is 1. The van der Waals surface area contributed by atoms with Crippen molar-refractivity contribution in [2.24, 2.45) is 5.73 Å². The fourth-order valence-corrected chi connectivity index (χ4v) is 6.34. The molecule has 2 N–H and O–H groups in total. The van der Waals surface area contributed by atoms with Crippen molar-refractivity contribution in [3.05, 3.63) is 70.6 Å². The largest absolute Gasteiger partial charge is 0.365 e. The Bertz CT molecular complexity index is 1290. The average Bonchev–Trinajstić information content (AvgIpc) is 3.24. The Morgan fingerprint density at radius 1 is 1.06 bits per heavy atom. The van der Waals surface area contributed by atoms with Gasteiger partial charge in [-0.1, -0.05) is 18.2 Å². The Morgan fingerprint density at radius 3 is 2.34 bits per heavy atom. The Morgan fingerprint density at radius 2 is 1.72 bits per heavy atom. The maximum Gasteiger partial charge on any atom is 0.264 e. The Hall–Kier alpha value is -3.17. The Balaban J connectivity index is 1.73. The molecule has 0 spiro atoms. The lowest BCUT2D eigenvalue weighted by atomic mass is 10.0. The van der Waals surface area contributed by atoms with Gasteiger partial charge in [0.15, 0.2) is 0 Å². The highest BCUT2D eigenvalue weighted by Gasteiger charge is 2.33. The molecule has 0 bridgehead atoms.